The standard InChI is InChI=1S/C18H17NO4S2/c1-22-16-10-9-13(12-17(16)23-2)25(20,21)19-15-7-4-3-6-14(15)18-8-5-11-24-18/h3-12,19H,1-2H3. The highest BCUT2D eigenvalue weighted by atomic mass is 32.2. The van der Waals surface area contributed by atoms with Crippen molar-refractivity contribution in [1.82, 2.24) is 0 Å². The summed E-state index contributed by atoms with van der Waals surface area (Å²) in [5.74, 6) is 0.831. The van der Waals surface area contributed by atoms with E-state index in [-0.39, 0.29) is 4.90 Å². The molecule has 0 fully saturated rings. The molecule has 0 radical (unpaired) electrons. The van der Waals surface area contributed by atoms with Gasteiger partial charge < -0.3 is 9.47 Å². The summed E-state index contributed by atoms with van der Waals surface area (Å²) < 4.78 is 38.6. The Kier molecular flexibility index (Phi) is 4.96. The van der Waals surface area contributed by atoms with Crippen molar-refractivity contribution in [2.75, 3.05) is 18.9 Å². The quantitative estimate of drug-likeness (QED) is 0.700. The largest absolute Gasteiger partial charge is 0.493 e. The molecule has 0 atom stereocenters. The monoisotopic (exact) mass is 375 g/mol. The zero-order chi connectivity index (χ0) is 17.9. The number of hydrogen-bond acceptors (Lipinski definition) is 5. The number of benzene rings is 2. The van der Waals surface area contributed by atoms with Gasteiger partial charge in [0.15, 0.2) is 11.5 Å². The van der Waals surface area contributed by atoms with Gasteiger partial charge in [-0.05, 0) is 29.6 Å². The van der Waals surface area contributed by atoms with E-state index < -0.39 is 10.0 Å². The molecule has 3 rings (SSSR count). The van der Waals surface area contributed by atoms with Crippen molar-refractivity contribution in [2.45, 2.75) is 4.90 Å². The first-order chi connectivity index (χ1) is 12.0. The summed E-state index contributed by atoms with van der Waals surface area (Å²) in [5.41, 5.74) is 1.36. The Hall–Kier alpha value is -2.51. The summed E-state index contributed by atoms with van der Waals surface area (Å²) in [6.45, 7) is 0. The zero-order valence-electron chi connectivity index (χ0n) is 13.7. The molecule has 0 saturated heterocycles. The van der Waals surface area contributed by atoms with Gasteiger partial charge in [0.25, 0.3) is 10.0 Å². The van der Waals surface area contributed by atoms with Crippen LogP contribution >= 0.6 is 11.3 Å². The maximum atomic E-state index is 12.8. The fourth-order valence-electron chi connectivity index (χ4n) is 2.41. The number of rotatable bonds is 6. The fourth-order valence-corrected chi connectivity index (χ4v) is 4.27. The van der Waals surface area contributed by atoms with E-state index in [1.54, 1.807) is 29.5 Å². The lowest BCUT2D eigenvalue weighted by Gasteiger charge is -2.13. The van der Waals surface area contributed by atoms with Gasteiger partial charge in [0.05, 0.1) is 24.8 Å². The van der Waals surface area contributed by atoms with Gasteiger partial charge in [-0.2, -0.15) is 0 Å². The molecule has 0 amide bonds. The third-order valence-corrected chi connectivity index (χ3v) is 5.89. The Balaban J connectivity index is 1.98. The summed E-state index contributed by atoms with van der Waals surface area (Å²) in [6, 6.07) is 15.7. The summed E-state index contributed by atoms with van der Waals surface area (Å²) >= 11 is 1.55. The second-order valence-electron chi connectivity index (χ2n) is 5.15. The third-order valence-electron chi connectivity index (χ3n) is 3.62. The van der Waals surface area contributed by atoms with Gasteiger partial charge in [-0.15, -0.1) is 11.3 Å². The van der Waals surface area contributed by atoms with Crippen LogP contribution in [-0.4, -0.2) is 22.6 Å². The van der Waals surface area contributed by atoms with E-state index >= 15 is 0 Å². The predicted octanol–water partition coefficient (Wildman–Crippen LogP) is 4.23. The van der Waals surface area contributed by atoms with Gasteiger partial charge in [0.1, 0.15) is 0 Å². The van der Waals surface area contributed by atoms with Crippen molar-refractivity contribution in [2.24, 2.45) is 0 Å². The van der Waals surface area contributed by atoms with Crippen LogP contribution in [0.5, 0.6) is 11.5 Å². The van der Waals surface area contributed by atoms with Crippen LogP contribution in [0.1, 0.15) is 0 Å². The van der Waals surface area contributed by atoms with Crippen LogP contribution < -0.4 is 14.2 Å². The molecule has 2 aromatic carbocycles. The van der Waals surface area contributed by atoms with Crippen molar-refractivity contribution in [3.05, 3.63) is 60.0 Å². The average Bonchev–Trinajstić information content (AvgIpc) is 3.15. The molecule has 0 aliphatic heterocycles. The van der Waals surface area contributed by atoms with Gasteiger partial charge >= 0.3 is 0 Å². The van der Waals surface area contributed by atoms with Crippen molar-refractivity contribution >= 4 is 27.0 Å². The normalized spacial score (nSPS) is 11.1. The van der Waals surface area contributed by atoms with Crippen LogP contribution in [0.25, 0.3) is 10.4 Å². The van der Waals surface area contributed by atoms with E-state index in [0.717, 1.165) is 10.4 Å². The predicted molar refractivity (Wildman–Crippen MR) is 100 cm³/mol. The molecule has 7 heteroatoms. The zero-order valence-corrected chi connectivity index (χ0v) is 15.4. The molecule has 0 bridgehead atoms. The van der Waals surface area contributed by atoms with E-state index in [2.05, 4.69) is 4.72 Å². The Morgan fingerprint density at radius 1 is 0.920 bits per heavy atom. The molecule has 3 aromatic rings. The van der Waals surface area contributed by atoms with Crippen LogP contribution in [0.2, 0.25) is 0 Å². The van der Waals surface area contributed by atoms with E-state index in [9.17, 15) is 8.42 Å². The highest BCUT2D eigenvalue weighted by molar-refractivity contribution is 7.92. The summed E-state index contributed by atoms with van der Waals surface area (Å²) in [5, 5.41) is 1.95. The molecule has 0 saturated carbocycles. The average molecular weight is 375 g/mol. The molecule has 1 N–H and O–H groups in total. The molecular formula is C18H17NO4S2. The first-order valence-corrected chi connectivity index (χ1v) is 9.79. The molecule has 1 heterocycles. The topological polar surface area (TPSA) is 64.6 Å². The molecule has 1 aromatic heterocycles. The number of ether oxygens (including phenoxy) is 2. The van der Waals surface area contributed by atoms with Crippen LogP contribution in [0, 0.1) is 0 Å². The Labute approximate surface area is 150 Å². The lowest BCUT2D eigenvalue weighted by atomic mass is 10.1. The van der Waals surface area contributed by atoms with Crippen molar-refractivity contribution in [3.63, 3.8) is 0 Å². The van der Waals surface area contributed by atoms with Crippen LogP contribution in [0.15, 0.2) is 64.9 Å². The second-order valence-corrected chi connectivity index (χ2v) is 7.78. The van der Waals surface area contributed by atoms with Crippen LogP contribution in [0.3, 0.4) is 0 Å². The van der Waals surface area contributed by atoms with Gasteiger partial charge in [-0.25, -0.2) is 8.42 Å². The first-order valence-electron chi connectivity index (χ1n) is 7.43. The second kappa shape index (κ2) is 7.16. The molecule has 0 unspecified atom stereocenters. The van der Waals surface area contributed by atoms with Crippen molar-refractivity contribution < 1.29 is 17.9 Å². The minimum Gasteiger partial charge on any atom is -0.493 e. The molecule has 130 valence electrons. The first kappa shape index (κ1) is 17.3. The van der Waals surface area contributed by atoms with Gasteiger partial charge in [-0.3, -0.25) is 4.72 Å². The van der Waals surface area contributed by atoms with Crippen LogP contribution in [0.4, 0.5) is 5.69 Å². The molecule has 0 aliphatic carbocycles. The SMILES string of the molecule is COc1ccc(S(=O)(=O)Nc2ccccc2-c2cccs2)cc1OC. The Morgan fingerprint density at radius 3 is 2.36 bits per heavy atom. The van der Waals surface area contributed by atoms with E-state index in [0.29, 0.717) is 17.2 Å². The maximum absolute atomic E-state index is 12.8. The summed E-state index contributed by atoms with van der Waals surface area (Å²) in [7, 11) is -0.798. The number of para-hydroxylation sites is 1. The Morgan fingerprint density at radius 2 is 1.68 bits per heavy atom. The van der Waals surface area contributed by atoms with Crippen molar-refractivity contribution in [1.29, 1.82) is 0 Å². The molecule has 5 nitrogen and oxygen atoms in total. The van der Waals surface area contributed by atoms with E-state index in [1.165, 1.54) is 26.4 Å². The van der Waals surface area contributed by atoms with Gasteiger partial charge in [-0.1, -0.05) is 24.3 Å². The Bertz CT molecular complexity index is 967. The number of sulfonamides is 1. The van der Waals surface area contributed by atoms with E-state index in [1.807, 2.05) is 29.6 Å². The van der Waals surface area contributed by atoms with Gasteiger partial charge in [0.2, 0.25) is 0 Å². The highest BCUT2D eigenvalue weighted by Crippen LogP contribution is 2.34. The number of thiophene rings is 1. The molecule has 25 heavy (non-hydrogen) atoms. The highest BCUT2D eigenvalue weighted by Gasteiger charge is 2.19. The number of methoxy groups -OCH3 is 2. The molecule has 0 aliphatic rings. The van der Waals surface area contributed by atoms with Gasteiger partial charge in [0, 0.05) is 16.5 Å². The lowest BCUT2D eigenvalue weighted by Crippen LogP contribution is -2.13. The van der Waals surface area contributed by atoms with Crippen LogP contribution in [-0.2, 0) is 10.0 Å². The lowest BCUT2D eigenvalue weighted by molar-refractivity contribution is 0.354. The number of hydrogen-bond donors (Lipinski definition) is 1. The fraction of sp³-hybridized carbons (Fsp3) is 0.111. The summed E-state index contributed by atoms with van der Waals surface area (Å²) in [4.78, 5) is 1.09. The van der Waals surface area contributed by atoms with E-state index in [4.69, 9.17) is 9.47 Å². The molecule has 0 spiro atoms. The number of nitrogens with one attached hydrogen (secondary N) is 1. The smallest absolute Gasteiger partial charge is 0.262 e. The minimum atomic E-state index is -3.77. The summed E-state index contributed by atoms with van der Waals surface area (Å²) in [6.07, 6.45) is 0. The van der Waals surface area contributed by atoms with Crippen molar-refractivity contribution in [3.8, 4) is 21.9 Å². The third kappa shape index (κ3) is 3.62. The molecular weight excluding hydrogens is 358 g/mol. The minimum absolute atomic E-state index is 0.103. The number of anilines is 1. The maximum Gasteiger partial charge on any atom is 0.262 e.